The fraction of sp³-hybridized carbons (Fsp3) is 0.467. The summed E-state index contributed by atoms with van der Waals surface area (Å²) in [6, 6.07) is 5.59. The van der Waals surface area contributed by atoms with Gasteiger partial charge in [0.25, 0.3) is 11.6 Å². The molecule has 0 aliphatic carbocycles. The van der Waals surface area contributed by atoms with Crippen molar-refractivity contribution in [1.29, 1.82) is 0 Å². The first-order valence-corrected chi connectivity index (χ1v) is 7.09. The van der Waals surface area contributed by atoms with Gasteiger partial charge >= 0.3 is 0 Å². The molecule has 0 saturated carbocycles. The molecule has 0 saturated heterocycles. The van der Waals surface area contributed by atoms with E-state index in [1.54, 1.807) is 0 Å². The molecule has 0 aliphatic rings. The molecule has 1 aromatic carbocycles. The summed E-state index contributed by atoms with van der Waals surface area (Å²) in [4.78, 5) is 34.3. The molecule has 114 valence electrons. The SMILES string of the molecule is CCCC[C@H](CC)C(=O)NC(=O)c1ccccc1[N+](=O)[O-]. The summed E-state index contributed by atoms with van der Waals surface area (Å²) < 4.78 is 0. The third kappa shape index (κ3) is 4.66. The molecular weight excluding hydrogens is 272 g/mol. The van der Waals surface area contributed by atoms with Crippen molar-refractivity contribution in [1.82, 2.24) is 5.32 Å². The van der Waals surface area contributed by atoms with Gasteiger partial charge in [0.05, 0.1) is 4.92 Å². The highest BCUT2D eigenvalue weighted by Crippen LogP contribution is 2.18. The second-order valence-electron chi connectivity index (χ2n) is 4.84. The quantitative estimate of drug-likeness (QED) is 0.617. The van der Waals surface area contributed by atoms with E-state index >= 15 is 0 Å². The molecule has 1 N–H and O–H groups in total. The monoisotopic (exact) mass is 292 g/mol. The lowest BCUT2D eigenvalue weighted by atomic mass is 9.98. The fourth-order valence-electron chi connectivity index (χ4n) is 2.08. The number of nitrogens with zero attached hydrogens (tertiary/aromatic N) is 1. The van der Waals surface area contributed by atoms with Gasteiger partial charge in [-0.2, -0.15) is 0 Å². The van der Waals surface area contributed by atoms with E-state index in [0.29, 0.717) is 12.8 Å². The highest BCUT2D eigenvalue weighted by atomic mass is 16.6. The zero-order valence-electron chi connectivity index (χ0n) is 12.3. The molecule has 6 heteroatoms. The number of unbranched alkanes of at least 4 members (excludes halogenated alkanes) is 1. The standard InChI is InChI=1S/C15H20N2O4/c1-3-5-8-11(4-2)14(18)16-15(19)12-9-6-7-10-13(12)17(20)21/h6-7,9-11H,3-5,8H2,1-2H3,(H,16,18,19)/t11-/m0/s1. The van der Waals surface area contributed by atoms with E-state index in [1.165, 1.54) is 24.3 Å². The second-order valence-corrected chi connectivity index (χ2v) is 4.84. The fourth-order valence-corrected chi connectivity index (χ4v) is 2.08. The summed E-state index contributed by atoms with van der Waals surface area (Å²) in [5.41, 5.74) is -0.398. The number of amides is 2. The Morgan fingerprint density at radius 3 is 2.52 bits per heavy atom. The van der Waals surface area contributed by atoms with Gasteiger partial charge in [0.1, 0.15) is 5.56 Å². The second kappa shape index (κ2) is 8.14. The van der Waals surface area contributed by atoms with Crippen LogP contribution < -0.4 is 5.32 Å². The Morgan fingerprint density at radius 2 is 1.95 bits per heavy atom. The number of rotatable bonds is 7. The van der Waals surface area contributed by atoms with Gasteiger partial charge < -0.3 is 0 Å². The Morgan fingerprint density at radius 1 is 1.29 bits per heavy atom. The van der Waals surface area contributed by atoms with E-state index < -0.39 is 10.8 Å². The van der Waals surface area contributed by atoms with E-state index in [-0.39, 0.29) is 23.1 Å². The van der Waals surface area contributed by atoms with Crippen LogP contribution in [0.5, 0.6) is 0 Å². The van der Waals surface area contributed by atoms with Crippen LogP contribution in [0.3, 0.4) is 0 Å². The molecule has 2 amide bonds. The number of carbonyl (C=O) groups is 2. The maximum Gasteiger partial charge on any atom is 0.282 e. The number of benzene rings is 1. The molecule has 0 fully saturated rings. The van der Waals surface area contributed by atoms with Gasteiger partial charge in [0.15, 0.2) is 0 Å². The van der Waals surface area contributed by atoms with Gasteiger partial charge in [-0.05, 0) is 18.9 Å². The van der Waals surface area contributed by atoms with E-state index in [0.717, 1.165) is 12.8 Å². The van der Waals surface area contributed by atoms with Crippen molar-refractivity contribution in [2.75, 3.05) is 0 Å². The summed E-state index contributed by atoms with van der Waals surface area (Å²) in [6.07, 6.45) is 3.23. The maximum atomic E-state index is 12.0. The molecule has 0 spiro atoms. The van der Waals surface area contributed by atoms with Gasteiger partial charge in [0.2, 0.25) is 5.91 Å². The van der Waals surface area contributed by atoms with Gasteiger partial charge in [-0.15, -0.1) is 0 Å². The van der Waals surface area contributed by atoms with E-state index in [9.17, 15) is 19.7 Å². The first-order chi connectivity index (χ1) is 10.0. The number of para-hydroxylation sites is 1. The van der Waals surface area contributed by atoms with Crippen LogP contribution in [0, 0.1) is 16.0 Å². The number of hydrogen-bond donors (Lipinski definition) is 1. The van der Waals surface area contributed by atoms with Crippen LogP contribution in [-0.2, 0) is 4.79 Å². The van der Waals surface area contributed by atoms with Crippen LogP contribution >= 0.6 is 0 Å². The van der Waals surface area contributed by atoms with E-state index in [4.69, 9.17) is 0 Å². The zero-order chi connectivity index (χ0) is 15.8. The van der Waals surface area contributed by atoms with Gasteiger partial charge in [-0.1, -0.05) is 38.8 Å². The molecular formula is C15H20N2O4. The molecule has 1 atom stereocenters. The van der Waals surface area contributed by atoms with Crippen LogP contribution in [0.15, 0.2) is 24.3 Å². The topological polar surface area (TPSA) is 89.3 Å². The number of carbonyl (C=O) groups excluding carboxylic acids is 2. The van der Waals surface area contributed by atoms with Gasteiger partial charge in [-0.25, -0.2) is 0 Å². The minimum absolute atomic E-state index is 0.0961. The lowest BCUT2D eigenvalue weighted by Crippen LogP contribution is -2.35. The summed E-state index contributed by atoms with van der Waals surface area (Å²) in [7, 11) is 0. The average Bonchev–Trinajstić information content (AvgIpc) is 2.47. The van der Waals surface area contributed by atoms with Crippen molar-refractivity contribution < 1.29 is 14.5 Å². The van der Waals surface area contributed by atoms with Crippen molar-refractivity contribution >= 4 is 17.5 Å². The Labute approximate surface area is 123 Å². The van der Waals surface area contributed by atoms with Crippen LogP contribution in [0.25, 0.3) is 0 Å². The number of nitrogens with one attached hydrogen (secondary N) is 1. The van der Waals surface area contributed by atoms with Crippen LogP contribution in [0.2, 0.25) is 0 Å². The number of imide groups is 1. The molecule has 0 radical (unpaired) electrons. The minimum atomic E-state index is -0.720. The molecule has 0 aliphatic heterocycles. The minimum Gasteiger partial charge on any atom is -0.292 e. The summed E-state index contributed by atoms with van der Waals surface area (Å²) >= 11 is 0. The molecule has 6 nitrogen and oxygen atoms in total. The molecule has 0 bridgehead atoms. The third-order valence-electron chi connectivity index (χ3n) is 3.35. The molecule has 0 unspecified atom stereocenters. The third-order valence-corrected chi connectivity index (χ3v) is 3.35. The first kappa shape index (κ1) is 16.8. The Kier molecular flexibility index (Phi) is 6.52. The van der Waals surface area contributed by atoms with Crippen LogP contribution in [-0.4, -0.2) is 16.7 Å². The van der Waals surface area contributed by atoms with Crippen molar-refractivity contribution in [3.05, 3.63) is 39.9 Å². The number of nitro groups is 1. The average molecular weight is 292 g/mol. The highest BCUT2D eigenvalue weighted by Gasteiger charge is 2.23. The molecule has 0 heterocycles. The normalized spacial score (nSPS) is 11.7. The number of nitro benzene ring substituents is 1. The molecule has 21 heavy (non-hydrogen) atoms. The Balaban J connectivity index is 2.81. The van der Waals surface area contributed by atoms with E-state index in [2.05, 4.69) is 5.32 Å². The van der Waals surface area contributed by atoms with Gasteiger partial charge in [0, 0.05) is 12.0 Å². The van der Waals surface area contributed by atoms with Crippen LogP contribution in [0.4, 0.5) is 5.69 Å². The largest absolute Gasteiger partial charge is 0.292 e. The van der Waals surface area contributed by atoms with Crippen molar-refractivity contribution in [3.8, 4) is 0 Å². The van der Waals surface area contributed by atoms with Gasteiger partial charge in [-0.3, -0.25) is 25.0 Å². The first-order valence-electron chi connectivity index (χ1n) is 7.09. The number of hydrogen-bond acceptors (Lipinski definition) is 4. The van der Waals surface area contributed by atoms with Crippen molar-refractivity contribution in [2.24, 2.45) is 5.92 Å². The molecule has 1 aromatic rings. The summed E-state index contributed by atoms with van der Waals surface area (Å²) in [5.74, 6) is -1.33. The van der Waals surface area contributed by atoms with Crippen LogP contribution in [0.1, 0.15) is 49.9 Å². The molecule has 0 aromatic heterocycles. The molecule has 1 rings (SSSR count). The zero-order valence-corrected chi connectivity index (χ0v) is 12.3. The Bertz CT molecular complexity index is 528. The highest BCUT2D eigenvalue weighted by molar-refractivity contribution is 6.07. The summed E-state index contributed by atoms with van der Waals surface area (Å²) in [6.45, 7) is 3.92. The lowest BCUT2D eigenvalue weighted by molar-refractivity contribution is -0.385. The summed E-state index contributed by atoms with van der Waals surface area (Å²) in [5, 5.41) is 13.2. The smallest absolute Gasteiger partial charge is 0.282 e. The van der Waals surface area contributed by atoms with Crippen molar-refractivity contribution in [3.63, 3.8) is 0 Å². The predicted octanol–water partition coefficient (Wildman–Crippen LogP) is 3.07. The van der Waals surface area contributed by atoms with Crippen molar-refractivity contribution in [2.45, 2.75) is 39.5 Å². The predicted molar refractivity (Wildman–Crippen MR) is 78.9 cm³/mol. The Hall–Kier alpha value is -2.24. The maximum absolute atomic E-state index is 12.0. The van der Waals surface area contributed by atoms with E-state index in [1.807, 2.05) is 13.8 Å². The lowest BCUT2D eigenvalue weighted by Gasteiger charge is -2.13.